The van der Waals surface area contributed by atoms with Gasteiger partial charge in [0.1, 0.15) is 6.61 Å². The van der Waals surface area contributed by atoms with Crippen LogP contribution in [0.1, 0.15) is 56.7 Å². The molecule has 5 rings (SSSR count). The van der Waals surface area contributed by atoms with Crippen LogP contribution in [0.25, 0.3) is 0 Å². The van der Waals surface area contributed by atoms with Crippen molar-refractivity contribution in [2.75, 3.05) is 40.6 Å². The highest BCUT2D eigenvalue weighted by Gasteiger charge is 2.29. The largest absolute Gasteiger partial charge is 0.493 e. The number of ether oxygens (including phenoxy) is 4. The van der Waals surface area contributed by atoms with E-state index in [2.05, 4.69) is 0 Å². The molecular formula is C33H43Cl2NO5. The minimum absolute atomic E-state index is 0.0408. The number of amides is 1. The van der Waals surface area contributed by atoms with Gasteiger partial charge in [0.2, 0.25) is 5.91 Å². The number of rotatable bonds is 8. The molecule has 0 spiro atoms. The Morgan fingerprint density at radius 3 is 1.98 bits per heavy atom. The van der Waals surface area contributed by atoms with E-state index in [9.17, 15) is 4.79 Å². The number of nitrogens with zero attached hydrogens (tertiary/aromatic N) is 1. The number of hydrogen-bond donors (Lipinski definition) is 0. The van der Waals surface area contributed by atoms with Crippen LogP contribution >= 0.6 is 23.2 Å². The van der Waals surface area contributed by atoms with Gasteiger partial charge in [-0.3, -0.25) is 4.79 Å². The number of morpholine rings is 1. The summed E-state index contributed by atoms with van der Waals surface area (Å²) in [4.78, 5) is 14.2. The molecule has 3 aromatic carbocycles. The van der Waals surface area contributed by atoms with Crippen LogP contribution in [0.5, 0.6) is 11.5 Å². The summed E-state index contributed by atoms with van der Waals surface area (Å²) in [6.07, 6.45) is 6.00. The van der Waals surface area contributed by atoms with Crippen molar-refractivity contribution in [3.63, 3.8) is 0 Å². The summed E-state index contributed by atoms with van der Waals surface area (Å²) in [7, 11) is 3.20. The van der Waals surface area contributed by atoms with Crippen molar-refractivity contribution in [2.24, 2.45) is 0 Å². The quantitative estimate of drug-likeness (QED) is 0.242. The lowest BCUT2D eigenvalue weighted by molar-refractivity contribution is -0.149. The summed E-state index contributed by atoms with van der Waals surface area (Å²) in [5, 5.41) is 1.46. The van der Waals surface area contributed by atoms with E-state index in [-0.39, 0.29) is 18.6 Å². The standard InChI is InChI=1S/C21H24ClNO5.C6H5Cl.C4H8.C2H6/c1-25-19-8-3-15(11-20(19)26-2)12-27-10-9-23-18(13-28-14-21(23)24)16-4-6-17(22)7-5-16;7-6-4-2-1-3-5-6;1-2-4-3-1;1-2/h3-8,11,18H,9-10,12-14H2,1-2H3;1-5H;1-4H2;1-2H3. The van der Waals surface area contributed by atoms with Gasteiger partial charge in [-0.1, -0.05) is 99.1 Å². The number of hydrogen-bond acceptors (Lipinski definition) is 5. The molecular weight excluding hydrogens is 561 g/mol. The molecule has 3 aromatic rings. The van der Waals surface area contributed by atoms with Gasteiger partial charge in [-0.25, -0.2) is 0 Å². The first-order chi connectivity index (χ1) is 20.0. The maximum absolute atomic E-state index is 12.4. The maximum Gasteiger partial charge on any atom is 0.249 e. The van der Waals surface area contributed by atoms with Gasteiger partial charge >= 0.3 is 0 Å². The number of methoxy groups -OCH3 is 2. The zero-order chi connectivity index (χ0) is 29.9. The van der Waals surface area contributed by atoms with E-state index in [4.69, 9.17) is 42.1 Å². The Kier molecular flexibility index (Phi) is 16.9. The van der Waals surface area contributed by atoms with E-state index >= 15 is 0 Å². The molecule has 0 bridgehead atoms. The van der Waals surface area contributed by atoms with Crippen LogP contribution in [0.3, 0.4) is 0 Å². The molecule has 1 heterocycles. The van der Waals surface area contributed by atoms with E-state index in [0.29, 0.717) is 42.9 Å². The molecule has 1 saturated carbocycles. The third-order valence-corrected chi connectivity index (χ3v) is 6.88. The molecule has 1 unspecified atom stereocenters. The van der Waals surface area contributed by atoms with E-state index in [0.717, 1.165) is 16.1 Å². The van der Waals surface area contributed by atoms with Crippen molar-refractivity contribution in [1.29, 1.82) is 0 Å². The monoisotopic (exact) mass is 603 g/mol. The Morgan fingerprint density at radius 2 is 1.44 bits per heavy atom. The normalized spacial score (nSPS) is 15.5. The molecule has 8 heteroatoms. The minimum atomic E-state index is -0.136. The van der Waals surface area contributed by atoms with Gasteiger partial charge in [0.15, 0.2) is 11.5 Å². The number of carbonyl (C=O) groups excluding carboxylic acids is 1. The van der Waals surface area contributed by atoms with Crippen LogP contribution in [0.2, 0.25) is 10.0 Å². The molecule has 2 fully saturated rings. The van der Waals surface area contributed by atoms with Gasteiger partial charge in [0.25, 0.3) is 0 Å². The summed E-state index contributed by atoms with van der Waals surface area (Å²) in [5.74, 6) is 1.30. The second kappa shape index (κ2) is 20.2. The summed E-state index contributed by atoms with van der Waals surface area (Å²) in [5.41, 5.74) is 1.97. The molecule has 1 atom stereocenters. The highest BCUT2D eigenvalue weighted by molar-refractivity contribution is 6.30. The molecule has 1 aliphatic carbocycles. The number of benzene rings is 3. The fourth-order valence-corrected chi connectivity index (χ4v) is 4.11. The molecule has 1 saturated heterocycles. The zero-order valence-electron chi connectivity index (χ0n) is 24.6. The Hall–Kier alpha value is -2.77. The van der Waals surface area contributed by atoms with Crippen molar-refractivity contribution < 1.29 is 23.7 Å². The Morgan fingerprint density at radius 1 is 0.829 bits per heavy atom. The minimum Gasteiger partial charge on any atom is -0.493 e. The van der Waals surface area contributed by atoms with Crippen LogP contribution in [-0.4, -0.2) is 51.4 Å². The average molecular weight is 605 g/mol. The highest BCUT2D eigenvalue weighted by Crippen LogP contribution is 2.28. The molecule has 224 valence electrons. The molecule has 6 nitrogen and oxygen atoms in total. The zero-order valence-corrected chi connectivity index (χ0v) is 26.1. The molecule has 0 N–H and O–H groups in total. The Labute approximate surface area is 255 Å². The summed E-state index contributed by atoms with van der Waals surface area (Å²) in [6.45, 7) is 5.89. The number of carbonyl (C=O) groups is 1. The average Bonchev–Trinajstić information content (AvgIpc) is 2.97. The van der Waals surface area contributed by atoms with E-state index < -0.39 is 0 Å². The predicted molar refractivity (Wildman–Crippen MR) is 167 cm³/mol. The van der Waals surface area contributed by atoms with Gasteiger partial charge in [-0.15, -0.1) is 0 Å². The second-order valence-electron chi connectivity index (χ2n) is 9.12. The SMILES string of the molecule is C1CCC1.CC.COc1ccc(COCCN2C(=O)COCC2c2ccc(Cl)cc2)cc1OC.Clc1ccccc1. The first-order valence-electron chi connectivity index (χ1n) is 14.1. The first-order valence-corrected chi connectivity index (χ1v) is 14.9. The lowest BCUT2D eigenvalue weighted by Gasteiger charge is -2.35. The van der Waals surface area contributed by atoms with Crippen LogP contribution < -0.4 is 9.47 Å². The van der Waals surface area contributed by atoms with Crippen LogP contribution in [0, 0.1) is 0 Å². The van der Waals surface area contributed by atoms with Crippen molar-refractivity contribution >= 4 is 29.1 Å². The lowest BCUT2D eigenvalue weighted by Crippen LogP contribution is -2.45. The van der Waals surface area contributed by atoms with Gasteiger partial charge in [0, 0.05) is 16.6 Å². The summed E-state index contributed by atoms with van der Waals surface area (Å²) in [6, 6.07) is 22.5. The smallest absolute Gasteiger partial charge is 0.249 e. The molecule has 1 aliphatic heterocycles. The Bertz CT molecular complexity index is 1120. The fraction of sp³-hybridized carbons (Fsp3) is 0.424. The third-order valence-electron chi connectivity index (χ3n) is 6.38. The molecule has 2 aliphatic rings. The fourth-order valence-electron chi connectivity index (χ4n) is 3.83. The van der Waals surface area contributed by atoms with Crippen LogP contribution in [0.15, 0.2) is 72.8 Å². The van der Waals surface area contributed by atoms with Crippen molar-refractivity contribution in [1.82, 2.24) is 4.90 Å². The lowest BCUT2D eigenvalue weighted by atomic mass is 10.0. The molecule has 0 aromatic heterocycles. The third kappa shape index (κ3) is 12.3. The van der Waals surface area contributed by atoms with E-state index in [1.807, 2.05) is 86.6 Å². The summed E-state index contributed by atoms with van der Waals surface area (Å²) < 4.78 is 21.8. The van der Waals surface area contributed by atoms with Crippen LogP contribution in [0.4, 0.5) is 0 Å². The van der Waals surface area contributed by atoms with Gasteiger partial charge in [-0.05, 0) is 47.5 Å². The predicted octanol–water partition coefficient (Wildman–Crippen LogP) is 8.40. The van der Waals surface area contributed by atoms with Crippen molar-refractivity contribution in [2.45, 2.75) is 52.2 Å². The molecule has 0 radical (unpaired) electrons. The highest BCUT2D eigenvalue weighted by atomic mass is 35.5. The van der Waals surface area contributed by atoms with Crippen LogP contribution in [-0.2, 0) is 20.9 Å². The van der Waals surface area contributed by atoms with Gasteiger partial charge in [-0.2, -0.15) is 0 Å². The van der Waals surface area contributed by atoms with Gasteiger partial charge in [0.05, 0.1) is 40.1 Å². The molecule has 1 amide bonds. The van der Waals surface area contributed by atoms with E-state index in [1.54, 1.807) is 19.1 Å². The van der Waals surface area contributed by atoms with Crippen molar-refractivity contribution in [3.05, 3.63) is 94.0 Å². The van der Waals surface area contributed by atoms with Gasteiger partial charge < -0.3 is 23.8 Å². The second-order valence-corrected chi connectivity index (χ2v) is 9.99. The topological polar surface area (TPSA) is 57.2 Å². The Balaban J connectivity index is 0.000000371. The maximum atomic E-state index is 12.4. The number of halogens is 2. The summed E-state index contributed by atoms with van der Waals surface area (Å²) >= 11 is 11.5. The first kappa shape index (κ1) is 34.4. The molecule has 41 heavy (non-hydrogen) atoms. The van der Waals surface area contributed by atoms with Crippen molar-refractivity contribution in [3.8, 4) is 11.5 Å². The van der Waals surface area contributed by atoms with E-state index in [1.165, 1.54) is 25.7 Å².